The molecule has 186 valence electrons. The summed E-state index contributed by atoms with van der Waals surface area (Å²) < 4.78 is 0. The van der Waals surface area contributed by atoms with Gasteiger partial charge < -0.3 is 9.80 Å². The third-order valence-electron chi connectivity index (χ3n) is 6.42. The van der Waals surface area contributed by atoms with Crippen molar-refractivity contribution >= 4 is 23.2 Å². The number of aryl methyl sites for hydroxylation is 2. The first kappa shape index (κ1) is 26.7. The van der Waals surface area contributed by atoms with Gasteiger partial charge in [0.05, 0.1) is 6.54 Å². The molecule has 1 atom stereocenters. The summed E-state index contributed by atoms with van der Waals surface area (Å²) in [6.07, 6.45) is 4.10. The number of carbonyl (C=O) groups excluding carboxylic acids is 2. The van der Waals surface area contributed by atoms with Crippen LogP contribution in [0.5, 0.6) is 0 Å². The minimum atomic E-state index is -0.0821. The number of thiophene rings is 1. The van der Waals surface area contributed by atoms with Gasteiger partial charge in [-0.2, -0.15) is 0 Å². The van der Waals surface area contributed by atoms with Gasteiger partial charge >= 0.3 is 0 Å². The molecule has 1 aromatic heterocycles. The highest BCUT2D eigenvalue weighted by atomic mass is 32.1. The first-order valence-corrected chi connectivity index (χ1v) is 13.5. The van der Waals surface area contributed by atoms with Gasteiger partial charge in [0.25, 0.3) is 5.91 Å². The second-order valence-corrected chi connectivity index (χ2v) is 10.6. The molecule has 0 spiro atoms. The molecular formula is C30H38N2O2S. The molecule has 2 aromatic carbocycles. The van der Waals surface area contributed by atoms with E-state index in [-0.39, 0.29) is 24.4 Å². The fourth-order valence-electron chi connectivity index (χ4n) is 4.05. The Morgan fingerprint density at radius 3 is 2.20 bits per heavy atom. The molecule has 1 unspecified atom stereocenters. The van der Waals surface area contributed by atoms with Crippen molar-refractivity contribution in [2.45, 2.75) is 72.5 Å². The van der Waals surface area contributed by atoms with Crippen molar-refractivity contribution in [2.24, 2.45) is 0 Å². The average molecular weight is 491 g/mol. The Labute approximate surface area is 214 Å². The Bertz CT molecular complexity index is 1080. The van der Waals surface area contributed by atoms with Gasteiger partial charge in [-0.25, -0.2) is 0 Å². The van der Waals surface area contributed by atoms with E-state index in [2.05, 4.69) is 32.9 Å². The Morgan fingerprint density at radius 1 is 0.886 bits per heavy atom. The molecule has 0 radical (unpaired) electrons. The van der Waals surface area contributed by atoms with Gasteiger partial charge in [-0.05, 0) is 68.5 Å². The molecule has 0 aliphatic rings. The van der Waals surface area contributed by atoms with Crippen molar-refractivity contribution in [3.8, 4) is 0 Å². The van der Waals surface area contributed by atoms with E-state index in [0.29, 0.717) is 18.7 Å². The van der Waals surface area contributed by atoms with Crippen LogP contribution in [0.25, 0.3) is 0 Å². The Kier molecular flexibility index (Phi) is 10.1. The maximum absolute atomic E-state index is 13.6. The average Bonchev–Trinajstić information content (AvgIpc) is 3.30. The molecule has 0 saturated carbocycles. The van der Waals surface area contributed by atoms with E-state index in [1.807, 2.05) is 66.4 Å². The molecule has 0 fully saturated rings. The summed E-state index contributed by atoms with van der Waals surface area (Å²) in [6.45, 7) is 9.47. The van der Waals surface area contributed by atoms with Crippen molar-refractivity contribution in [3.63, 3.8) is 0 Å². The van der Waals surface area contributed by atoms with Crippen LogP contribution < -0.4 is 0 Å². The third kappa shape index (κ3) is 7.79. The number of unbranched alkanes of at least 4 members (excludes halogenated alkanes) is 1. The summed E-state index contributed by atoms with van der Waals surface area (Å²) in [7, 11) is 0. The Morgan fingerprint density at radius 2 is 1.60 bits per heavy atom. The summed E-state index contributed by atoms with van der Waals surface area (Å²) in [5.41, 5.74) is 2.97. The quantitative estimate of drug-likeness (QED) is 0.278. The van der Waals surface area contributed by atoms with Crippen LogP contribution in [0.4, 0.5) is 0 Å². The van der Waals surface area contributed by atoms with Crippen LogP contribution in [0.2, 0.25) is 0 Å². The fourth-order valence-corrected chi connectivity index (χ4v) is 4.96. The number of carbonyl (C=O) groups is 2. The highest BCUT2D eigenvalue weighted by molar-refractivity contribution is 7.11. The van der Waals surface area contributed by atoms with E-state index in [0.717, 1.165) is 36.1 Å². The molecule has 0 aliphatic carbocycles. The smallest absolute Gasteiger partial charge is 0.254 e. The molecule has 5 heteroatoms. The number of hydrogen-bond acceptors (Lipinski definition) is 3. The number of rotatable bonds is 12. The van der Waals surface area contributed by atoms with E-state index in [1.54, 1.807) is 16.2 Å². The highest BCUT2D eigenvalue weighted by Crippen LogP contribution is 2.20. The van der Waals surface area contributed by atoms with Gasteiger partial charge in [-0.15, -0.1) is 11.3 Å². The van der Waals surface area contributed by atoms with Crippen LogP contribution in [0.1, 0.15) is 71.3 Å². The van der Waals surface area contributed by atoms with Crippen LogP contribution in [-0.2, 0) is 24.3 Å². The summed E-state index contributed by atoms with van der Waals surface area (Å²) in [4.78, 5) is 33.1. The summed E-state index contributed by atoms with van der Waals surface area (Å²) in [5.74, 6) is -0.116. The first-order chi connectivity index (χ1) is 16.9. The molecular weight excluding hydrogens is 452 g/mol. The van der Waals surface area contributed by atoms with Crippen LogP contribution in [0, 0.1) is 6.92 Å². The SMILES string of the molecule is CCCCc1ccc(C(=O)N(CC(=O)N(Cc2ccccc2)Cc2ccc(C)s2)C(C)CC)cc1. The monoisotopic (exact) mass is 490 g/mol. The molecule has 0 saturated heterocycles. The Hall–Kier alpha value is -2.92. The topological polar surface area (TPSA) is 40.6 Å². The van der Waals surface area contributed by atoms with Gasteiger partial charge in [-0.1, -0.05) is 62.7 Å². The minimum Gasteiger partial charge on any atom is -0.332 e. The summed E-state index contributed by atoms with van der Waals surface area (Å²) >= 11 is 1.71. The fraction of sp³-hybridized carbons (Fsp3) is 0.400. The van der Waals surface area contributed by atoms with Crippen molar-refractivity contribution in [1.82, 2.24) is 9.80 Å². The van der Waals surface area contributed by atoms with Gasteiger partial charge in [-0.3, -0.25) is 9.59 Å². The van der Waals surface area contributed by atoms with E-state index in [4.69, 9.17) is 0 Å². The van der Waals surface area contributed by atoms with Crippen LogP contribution in [-0.4, -0.2) is 34.2 Å². The first-order valence-electron chi connectivity index (χ1n) is 12.7. The van der Waals surface area contributed by atoms with E-state index >= 15 is 0 Å². The lowest BCUT2D eigenvalue weighted by Gasteiger charge is -2.31. The molecule has 35 heavy (non-hydrogen) atoms. The molecule has 1 heterocycles. The van der Waals surface area contributed by atoms with E-state index in [9.17, 15) is 9.59 Å². The summed E-state index contributed by atoms with van der Waals surface area (Å²) in [5, 5.41) is 0. The second-order valence-electron chi connectivity index (χ2n) is 9.24. The molecule has 2 amide bonds. The van der Waals surface area contributed by atoms with E-state index in [1.165, 1.54) is 10.4 Å². The molecule has 0 aliphatic heterocycles. The summed E-state index contributed by atoms with van der Waals surface area (Å²) in [6, 6.07) is 22.1. The minimum absolute atomic E-state index is 0.0335. The zero-order chi connectivity index (χ0) is 25.2. The number of amides is 2. The number of benzene rings is 2. The lowest BCUT2D eigenvalue weighted by molar-refractivity contribution is -0.133. The van der Waals surface area contributed by atoms with Crippen LogP contribution in [0.15, 0.2) is 66.7 Å². The predicted octanol–water partition coefficient (Wildman–Crippen LogP) is 6.87. The van der Waals surface area contributed by atoms with Gasteiger partial charge in [0.1, 0.15) is 6.54 Å². The van der Waals surface area contributed by atoms with Crippen LogP contribution >= 0.6 is 11.3 Å². The number of hydrogen-bond donors (Lipinski definition) is 0. The molecule has 0 bridgehead atoms. The molecule has 3 rings (SSSR count). The molecule has 0 N–H and O–H groups in total. The maximum atomic E-state index is 13.6. The maximum Gasteiger partial charge on any atom is 0.254 e. The standard InChI is InChI=1S/C30H38N2O2S/c1-5-7-11-25-15-17-27(18-16-25)30(34)32(23(3)6-2)22-29(33)31(20-26-12-9-8-10-13-26)21-28-19-14-24(4)35-28/h8-10,12-19,23H,5-7,11,20-22H2,1-4H3. The highest BCUT2D eigenvalue weighted by Gasteiger charge is 2.26. The predicted molar refractivity (Wildman–Crippen MR) is 146 cm³/mol. The van der Waals surface area contributed by atoms with Crippen molar-refractivity contribution in [2.75, 3.05) is 6.54 Å². The lowest BCUT2D eigenvalue weighted by atomic mass is 10.0. The van der Waals surface area contributed by atoms with Crippen molar-refractivity contribution < 1.29 is 9.59 Å². The largest absolute Gasteiger partial charge is 0.332 e. The van der Waals surface area contributed by atoms with Crippen LogP contribution in [0.3, 0.4) is 0 Å². The second kappa shape index (κ2) is 13.2. The lowest BCUT2D eigenvalue weighted by Crippen LogP contribution is -2.46. The molecule has 4 nitrogen and oxygen atoms in total. The zero-order valence-corrected chi connectivity index (χ0v) is 22.3. The van der Waals surface area contributed by atoms with Crippen molar-refractivity contribution in [3.05, 3.63) is 93.2 Å². The van der Waals surface area contributed by atoms with E-state index < -0.39 is 0 Å². The number of nitrogens with zero attached hydrogens (tertiary/aromatic N) is 2. The van der Waals surface area contributed by atoms with Gasteiger partial charge in [0.2, 0.25) is 5.91 Å². The van der Waals surface area contributed by atoms with Gasteiger partial charge in [0, 0.05) is 27.9 Å². The third-order valence-corrected chi connectivity index (χ3v) is 7.41. The molecule has 3 aromatic rings. The zero-order valence-electron chi connectivity index (χ0n) is 21.5. The normalized spacial score (nSPS) is 11.8. The van der Waals surface area contributed by atoms with Crippen molar-refractivity contribution in [1.29, 1.82) is 0 Å². The Balaban J connectivity index is 1.79. The van der Waals surface area contributed by atoms with Gasteiger partial charge in [0.15, 0.2) is 0 Å².